The van der Waals surface area contributed by atoms with E-state index in [0.29, 0.717) is 17.2 Å². The molecule has 0 atom stereocenters. The normalized spacial score (nSPS) is 10.4. The lowest BCUT2D eigenvalue weighted by molar-refractivity contribution is -0.115. The molecule has 3 rings (SSSR count). The number of hydrogen-bond donors (Lipinski definition) is 1. The number of anilines is 1. The van der Waals surface area contributed by atoms with Crippen LogP contribution in [0.1, 0.15) is 11.3 Å². The van der Waals surface area contributed by atoms with Crippen LogP contribution >= 0.6 is 23.1 Å². The van der Waals surface area contributed by atoms with Crippen LogP contribution in [0, 0.1) is 0 Å². The Hall–Kier alpha value is -2.58. The van der Waals surface area contributed by atoms with Crippen molar-refractivity contribution < 1.29 is 14.3 Å². The average molecular weight is 402 g/mol. The number of rotatable bonds is 8. The lowest BCUT2D eigenvalue weighted by Crippen LogP contribution is -2.14. The van der Waals surface area contributed by atoms with Crippen LogP contribution < -0.4 is 14.8 Å². The number of carbonyl (C=O) groups is 1. The van der Waals surface area contributed by atoms with Gasteiger partial charge in [0.05, 0.1) is 26.3 Å². The van der Waals surface area contributed by atoms with Gasteiger partial charge in [-0.15, -0.1) is 11.3 Å². The summed E-state index contributed by atoms with van der Waals surface area (Å²) in [5, 5.41) is 4.78. The molecule has 0 aliphatic carbocycles. The van der Waals surface area contributed by atoms with Gasteiger partial charge in [-0.3, -0.25) is 9.78 Å². The highest BCUT2D eigenvalue weighted by Crippen LogP contribution is 2.30. The van der Waals surface area contributed by atoms with Crippen molar-refractivity contribution in [1.82, 2.24) is 9.97 Å². The van der Waals surface area contributed by atoms with Crippen LogP contribution in [0.2, 0.25) is 0 Å². The highest BCUT2D eigenvalue weighted by molar-refractivity contribution is 8.00. The summed E-state index contributed by atoms with van der Waals surface area (Å²) in [6.07, 6.45) is 3.78. The van der Waals surface area contributed by atoms with Crippen molar-refractivity contribution >= 4 is 34.7 Å². The van der Waals surface area contributed by atoms with E-state index in [1.165, 1.54) is 5.56 Å². The predicted octanol–water partition coefficient (Wildman–Crippen LogP) is 4.03. The van der Waals surface area contributed by atoms with Gasteiger partial charge in [0.2, 0.25) is 5.91 Å². The summed E-state index contributed by atoms with van der Waals surface area (Å²) in [5.41, 5.74) is 2.60. The quantitative estimate of drug-likeness (QED) is 0.575. The third kappa shape index (κ3) is 5.45. The Morgan fingerprint density at radius 3 is 2.67 bits per heavy atom. The molecule has 3 aromatic rings. The fourth-order valence-electron chi connectivity index (χ4n) is 2.34. The Bertz CT molecular complexity index is 900. The Balaban J connectivity index is 1.54. The highest BCUT2D eigenvalue weighted by Gasteiger charge is 2.11. The maximum absolute atomic E-state index is 12.3. The number of thiazole rings is 1. The SMILES string of the molecule is COc1ccc(NC(=O)Cc2csc(SCc3ccncc3)n2)cc1OC. The lowest BCUT2D eigenvalue weighted by Gasteiger charge is -2.10. The number of thioether (sulfide) groups is 1. The van der Waals surface area contributed by atoms with E-state index in [-0.39, 0.29) is 12.3 Å². The number of amides is 1. The first-order chi connectivity index (χ1) is 13.2. The molecule has 0 fully saturated rings. The van der Waals surface area contributed by atoms with Gasteiger partial charge in [0.1, 0.15) is 4.34 Å². The van der Waals surface area contributed by atoms with Gasteiger partial charge in [-0.2, -0.15) is 0 Å². The number of benzene rings is 1. The van der Waals surface area contributed by atoms with Crippen LogP contribution in [-0.2, 0) is 17.0 Å². The van der Waals surface area contributed by atoms with Crippen LogP contribution in [0.5, 0.6) is 11.5 Å². The smallest absolute Gasteiger partial charge is 0.230 e. The van der Waals surface area contributed by atoms with Crippen LogP contribution in [-0.4, -0.2) is 30.1 Å². The number of carbonyl (C=O) groups excluding carboxylic acids is 1. The van der Waals surface area contributed by atoms with E-state index in [2.05, 4.69) is 15.3 Å². The van der Waals surface area contributed by atoms with Gasteiger partial charge in [-0.1, -0.05) is 11.8 Å². The largest absolute Gasteiger partial charge is 0.493 e. The summed E-state index contributed by atoms with van der Waals surface area (Å²) >= 11 is 3.20. The molecule has 0 spiro atoms. The third-order valence-electron chi connectivity index (χ3n) is 3.65. The van der Waals surface area contributed by atoms with Gasteiger partial charge in [0.25, 0.3) is 0 Å². The summed E-state index contributed by atoms with van der Waals surface area (Å²) in [4.78, 5) is 20.8. The number of methoxy groups -OCH3 is 2. The van der Waals surface area contributed by atoms with Gasteiger partial charge in [-0.25, -0.2) is 4.98 Å². The molecule has 0 bridgehead atoms. The average Bonchev–Trinajstić information content (AvgIpc) is 3.14. The van der Waals surface area contributed by atoms with Crippen LogP contribution in [0.3, 0.4) is 0 Å². The van der Waals surface area contributed by atoms with Gasteiger partial charge >= 0.3 is 0 Å². The molecule has 27 heavy (non-hydrogen) atoms. The summed E-state index contributed by atoms with van der Waals surface area (Å²) in [7, 11) is 3.13. The zero-order valence-corrected chi connectivity index (χ0v) is 16.6. The van der Waals surface area contributed by atoms with Crippen molar-refractivity contribution in [2.75, 3.05) is 19.5 Å². The van der Waals surface area contributed by atoms with E-state index in [0.717, 1.165) is 15.8 Å². The van der Waals surface area contributed by atoms with E-state index >= 15 is 0 Å². The van der Waals surface area contributed by atoms with Crippen molar-refractivity contribution in [3.8, 4) is 11.5 Å². The summed E-state index contributed by atoms with van der Waals surface area (Å²) in [6.45, 7) is 0. The fraction of sp³-hybridized carbons (Fsp3) is 0.211. The minimum Gasteiger partial charge on any atom is -0.493 e. The van der Waals surface area contributed by atoms with Crippen molar-refractivity contribution in [2.24, 2.45) is 0 Å². The molecule has 0 radical (unpaired) electrons. The number of nitrogens with one attached hydrogen (secondary N) is 1. The standard InChI is InChI=1S/C19H19N3O3S2/c1-24-16-4-3-14(9-17(16)25-2)21-18(23)10-15-12-27-19(22-15)26-11-13-5-7-20-8-6-13/h3-9,12H,10-11H2,1-2H3,(H,21,23). The fourth-order valence-corrected chi connectivity index (χ4v) is 4.14. The lowest BCUT2D eigenvalue weighted by atomic mass is 10.2. The molecular weight excluding hydrogens is 382 g/mol. The van der Waals surface area contributed by atoms with E-state index in [1.54, 1.807) is 67.9 Å². The van der Waals surface area contributed by atoms with Gasteiger partial charge in [-0.05, 0) is 29.8 Å². The molecule has 140 valence electrons. The van der Waals surface area contributed by atoms with Gasteiger partial charge < -0.3 is 14.8 Å². The number of pyridine rings is 1. The Labute approximate surface area is 166 Å². The number of hydrogen-bond acceptors (Lipinski definition) is 7. The second-order valence-corrected chi connectivity index (χ2v) is 7.62. The first kappa shape index (κ1) is 19.2. The Kier molecular flexibility index (Phi) is 6.67. The molecule has 0 aliphatic heterocycles. The zero-order valence-electron chi connectivity index (χ0n) is 15.0. The maximum Gasteiger partial charge on any atom is 0.230 e. The maximum atomic E-state index is 12.3. The van der Waals surface area contributed by atoms with Crippen LogP contribution in [0.4, 0.5) is 5.69 Å². The van der Waals surface area contributed by atoms with E-state index in [9.17, 15) is 4.79 Å². The first-order valence-electron chi connectivity index (χ1n) is 8.16. The van der Waals surface area contributed by atoms with E-state index in [1.807, 2.05) is 17.5 Å². The minimum absolute atomic E-state index is 0.127. The van der Waals surface area contributed by atoms with E-state index in [4.69, 9.17) is 9.47 Å². The molecule has 0 aliphatic rings. The molecule has 0 saturated heterocycles. The summed E-state index contributed by atoms with van der Waals surface area (Å²) in [5.74, 6) is 1.88. The summed E-state index contributed by atoms with van der Waals surface area (Å²) < 4.78 is 11.4. The molecule has 8 heteroatoms. The molecular formula is C19H19N3O3S2. The zero-order chi connectivity index (χ0) is 19.1. The molecule has 0 unspecified atom stereocenters. The monoisotopic (exact) mass is 401 g/mol. The molecule has 1 N–H and O–H groups in total. The van der Waals surface area contributed by atoms with Gasteiger partial charge in [0.15, 0.2) is 11.5 Å². The Morgan fingerprint density at radius 1 is 1.15 bits per heavy atom. The van der Waals surface area contributed by atoms with Crippen LogP contribution in [0.25, 0.3) is 0 Å². The molecule has 1 amide bonds. The van der Waals surface area contributed by atoms with Crippen LogP contribution in [0.15, 0.2) is 52.4 Å². The third-order valence-corrected chi connectivity index (χ3v) is 5.79. The molecule has 2 aromatic heterocycles. The van der Waals surface area contributed by atoms with Crippen molar-refractivity contribution in [3.63, 3.8) is 0 Å². The first-order valence-corrected chi connectivity index (χ1v) is 10.0. The van der Waals surface area contributed by atoms with E-state index < -0.39 is 0 Å². The minimum atomic E-state index is -0.127. The topological polar surface area (TPSA) is 73.3 Å². The number of aromatic nitrogens is 2. The highest BCUT2D eigenvalue weighted by atomic mass is 32.2. The molecule has 6 nitrogen and oxygen atoms in total. The van der Waals surface area contributed by atoms with Gasteiger partial charge in [0, 0.05) is 35.3 Å². The summed E-state index contributed by atoms with van der Waals surface area (Å²) in [6, 6.07) is 9.23. The molecule has 1 aromatic carbocycles. The Morgan fingerprint density at radius 2 is 1.93 bits per heavy atom. The predicted molar refractivity (Wildman–Crippen MR) is 108 cm³/mol. The second-order valence-electron chi connectivity index (χ2n) is 5.54. The second kappa shape index (κ2) is 9.38. The molecule has 2 heterocycles. The van der Waals surface area contributed by atoms with Crippen molar-refractivity contribution in [1.29, 1.82) is 0 Å². The van der Waals surface area contributed by atoms with Crippen molar-refractivity contribution in [3.05, 3.63) is 59.4 Å². The number of ether oxygens (including phenoxy) is 2. The van der Waals surface area contributed by atoms with Crippen molar-refractivity contribution in [2.45, 2.75) is 16.5 Å². The number of nitrogens with zero attached hydrogens (tertiary/aromatic N) is 2. The molecule has 0 saturated carbocycles.